The van der Waals surface area contributed by atoms with Crippen LogP contribution < -0.4 is 10.6 Å². The van der Waals surface area contributed by atoms with Crippen LogP contribution >= 0.6 is 23.1 Å². The maximum absolute atomic E-state index is 11.8. The Morgan fingerprint density at radius 1 is 1.58 bits per heavy atom. The highest BCUT2D eigenvalue weighted by atomic mass is 32.2. The Bertz CT molecular complexity index is 458. The number of thiophene rings is 1. The van der Waals surface area contributed by atoms with Gasteiger partial charge in [-0.05, 0) is 36.2 Å². The molecule has 0 atom stereocenters. The largest absolute Gasteiger partial charge is 0.465 e. The normalized spacial score (nSPS) is 14.8. The minimum absolute atomic E-state index is 0.0826. The molecule has 19 heavy (non-hydrogen) atoms. The SMILES string of the molecule is COC(=O)c1sccc1NC(=O)CSCC1CNC1. The number of rotatable bonds is 6. The van der Waals surface area contributed by atoms with Crippen LogP contribution in [0.5, 0.6) is 0 Å². The first kappa shape index (κ1) is 14.4. The fraction of sp³-hybridized carbons (Fsp3) is 0.500. The highest BCUT2D eigenvalue weighted by Crippen LogP contribution is 2.23. The van der Waals surface area contributed by atoms with Crippen LogP contribution in [0.1, 0.15) is 9.67 Å². The second-order valence-corrected chi connectivity index (χ2v) is 6.19. The zero-order chi connectivity index (χ0) is 13.7. The van der Waals surface area contributed by atoms with Gasteiger partial charge in [-0.3, -0.25) is 4.79 Å². The number of amides is 1. The number of methoxy groups -OCH3 is 1. The average Bonchev–Trinajstić information content (AvgIpc) is 2.79. The van der Waals surface area contributed by atoms with Gasteiger partial charge in [0.25, 0.3) is 0 Å². The Morgan fingerprint density at radius 2 is 2.37 bits per heavy atom. The number of carbonyl (C=O) groups excluding carboxylic acids is 2. The van der Waals surface area contributed by atoms with Crippen LogP contribution in [0.4, 0.5) is 5.69 Å². The van der Waals surface area contributed by atoms with Gasteiger partial charge in [-0.25, -0.2) is 4.79 Å². The summed E-state index contributed by atoms with van der Waals surface area (Å²) in [7, 11) is 1.33. The molecule has 0 bridgehead atoms. The molecule has 0 aromatic carbocycles. The first-order valence-corrected chi connectivity index (χ1v) is 7.98. The molecule has 1 saturated heterocycles. The van der Waals surface area contributed by atoms with E-state index in [0.717, 1.165) is 18.8 Å². The van der Waals surface area contributed by atoms with E-state index < -0.39 is 5.97 Å². The molecule has 1 aromatic heterocycles. The lowest BCUT2D eigenvalue weighted by Crippen LogP contribution is -2.43. The predicted molar refractivity (Wildman–Crippen MR) is 78.0 cm³/mol. The summed E-state index contributed by atoms with van der Waals surface area (Å²) in [5, 5.41) is 7.71. The lowest BCUT2D eigenvalue weighted by molar-refractivity contribution is -0.113. The van der Waals surface area contributed by atoms with E-state index in [0.29, 0.717) is 22.2 Å². The molecule has 1 amide bonds. The summed E-state index contributed by atoms with van der Waals surface area (Å²) in [5.41, 5.74) is 0.535. The van der Waals surface area contributed by atoms with E-state index in [-0.39, 0.29) is 5.91 Å². The van der Waals surface area contributed by atoms with E-state index >= 15 is 0 Å². The molecule has 2 heterocycles. The van der Waals surface area contributed by atoms with Crippen molar-refractivity contribution < 1.29 is 14.3 Å². The van der Waals surface area contributed by atoms with Gasteiger partial charge < -0.3 is 15.4 Å². The highest BCUT2D eigenvalue weighted by molar-refractivity contribution is 7.99. The number of hydrogen-bond donors (Lipinski definition) is 2. The van der Waals surface area contributed by atoms with Crippen molar-refractivity contribution in [1.29, 1.82) is 0 Å². The van der Waals surface area contributed by atoms with Crippen molar-refractivity contribution in [2.45, 2.75) is 0 Å². The van der Waals surface area contributed by atoms with Crippen LogP contribution in [-0.2, 0) is 9.53 Å². The second kappa shape index (κ2) is 6.93. The summed E-state index contributed by atoms with van der Waals surface area (Å²) >= 11 is 2.88. The third-order valence-corrected chi connectivity index (χ3v) is 4.83. The minimum Gasteiger partial charge on any atom is -0.465 e. The van der Waals surface area contributed by atoms with Gasteiger partial charge in [0.2, 0.25) is 5.91 Å². The summed E-state index contributed by atoms with van der Waals surface area (Å²) in [6.07, 6.45) is 0. The molecule has 2 rings (SSSR count). The third kappa shape index (κ3) is 3.95. The number of ether oxygens (including phenoxy) is 1. The summed E-state index contributed by atoms with van der Waals surface area (Å²) < 4.78 is 4.66. The summed E-state index contributed by atoms with van der Waals surface area (Å²) in [6, 6.07) is 1.72. The Labute approximate surface area is 120 Å². The molecule has 1 aliphatic rings. The van der Waals surface area contributed by atoms with E-state index in [4.69, 9.17) is 0 Å². The lowest BCUT2D eigenvalue weighted by Gasteiger charge is -2.26. The lowest BCUT2D eigenvalue weighted by atomic mass is 10.1. The Morgan fingerprint density at radius 3 is 3.00 bits per heavy atom. The molecule has 1 fully saturated rings. The molecule has 1 aliphatic heterocycles. The van der Waals surface area contributed by atoms with Crippen molar-refractivity contribution in [2.75, 3.05) is 37.0 Å². The zero-order valence-corrected chi connectivity index (χ0v) is 12.2. The highest BCUT2D eigenvalue weighted by Gasteiger charge is 2.18. The molecule has 0 spiro atoms. The zero-order valence-electron chi connectivity index (χ0n) is 10.6. The Kier molecular flexibility index (Phi) is 5.24. The first-order chi connectivity index (χ1) is 9.20. The molecular formula is C12H16N2O3S2. The quantitative estimate of drug-likeness (QED) is 0.778. The van der Waals surface area contributed by atoms with E-state index in [1.807, 2.05) is 0 Å². The van der Waals surface area contributed by atoms with Crippen molar-refractivity contribution in [2.24, 2.45) is 5.92 Å². The van der Waals surface area contributed by atoms with Crippen molar-refractivity contribution in [3.63, 3.8) is 0 Å². The summed E-state index contributed by atoms with van der Waals surface area (Å²) in [6.45, 7) is 2.09. The second-order valence-electron chi connectivity index (χ2n) is 4.24. The topological polar surface area (TPSA) is 67.4 Å². The molecule has 0 saturated carbocycles. The predicted octanol–water partition coefficient (Wildman–Crippen LogP) is 1.43. The van der Waals surface area contributed by atoms with Gasteiger partial charge in [0.1, 0.15) is 4.88 Å². The molecule has 104 valence electrons. The van der Waals surface area contributed by atoms with Gasteiger partial charge in [0.05, 0.1) is 18.6 Å². The smallest absolute Gasteiger partial charge is 0.350 e. The first-order valence-electron chi connectivity index (χ1n) is 5.95. The van der Waals surface area contributed by atoms with Crippen LogP contribution in [0, 0.1) is 5.92 Å². The monoisotopic (exact) mass is 300 g/mol. The van der Waals surface area contributed by atoms with E-state index in [1.165, 1.54) is 18.4 Å². The minimum atomic E-state index is -0.418. The fourth-order valence-electron chi connectivity index (χ4n) is 1.63. The molecular weight excluding hydrogens is 284 g/mol. The molecule has 2 N–H and O–H groups in total. The Balaban J connectivity index is 1.77. The number of anilines is 1. The van der Waals surface area contributed by atoms with Crippen molar-refractivity contribution in [1.82, 2.24) is 5.32 Å². The molecule has 5 nitrogen and oxygen atoms in total. The van der Waals surface area contributed by atoms with Crippen molar-refractivity contribution in [3.8, 4) is 0 Å². The Hall–Kier alpha value is -1.05. The maximum Gasteiger partial charge on any atom is 0.350 e. The van der Waals surface area contributed by atoms with Gasteiger partial charge in [-0.2, -0.15) is 11.8 Å². The molecule has 7 heteroatoms. The van der Waals surface area contributed by atoms with Crippen LogP contribution in [-0.4, -0.2) is 43.6 Å². The van der Waals surface area contributed by atoms with Crippen LogP contribution in [0.15, 0.2) is 11.4 Å². The van der Waals surface area contributed by atoms with E-state index in [9.17, 15) is 9.59 Å². The van der Waals surface area contributed by atoms with Gasteiger partial charge in [0, 0.05) is 0 Å². The summed E-state index contributed by atoms with van der Waals surface area (Å²) in [4.78, 5) is 23.7. The number of hydrogen-bond acceptors (Lipinski definition) is 6. The van der Waals surface area contributed by atoms with Gasteiger partial charge in [0.15, 0.2) is 0 Å². The van der Waals surface area contributed by atoms with Crippen LogP contribution in [0.25, 0.3) is 0 Å². The number of esters is 1. The summed E-state index contributed by atoms with van der Waals surface area (Å²) in [5.74, 6) is 1.59. The van der Waals surface area contributed by atoms with Crippen molar-refractivity contribution in [3.05, 3.63) is 16.3 Å². The molecule has 0 unspecified atom stereocenters. The van der Waals surface area contributed by atoms with Gasteiger partial charge in [-0.15, -0.1) is 11.3 Å². The number of thioether (sulfide) groups is 1. The van der Waals surface area contributed by atoms with Gasteiger partial charge in [-0.1, -0.05) is 0 Å². The van der Waals surface area contributed by atoms with E-state index in [2.05, 4.69) is 15.4 Å². The fourth-order valence-corrected chi connectivity index (χ4v) is 3.34. The molecule has 0 aliphatic carbocycles. The third-order valence-electron chi connectivity index (χ3n) is 2.76. The van der Waals surface area contributed by atoms with E-state index in [1.54, 1.807) is 23.2 Å². The standard InChI is InChI=1S/C12H16N2O3S2/c1-17-12(16)11-9(2-3-19-11)14-10(15)7-18-6-8-4-13-5-8/h2-3,8,13H,4-7H2,1H3,(H,14,15). The maximum atomic E-state index is 11.8. The van der Waals surface area contributed by atoms with Gasteiger partial charge >= 0.3 is 5.97 Å². The number of carbonyl (C=O) groups is 2. The average molecular weight is 300 g/mol. The number of nitrogens with one attached hydrogen (secondary N) is 2. The molecule has 0 radical (unpaired) electrons. The molecule has 1 aromatic rings. The van der Waals surface area contributed by atoms with Crippen LogP contribution in [0.2, 0.25) is 0 Å². The van der Waals surface area contributed by atoms with Crippen molar-refractivity contribution >= 4 is 40.7 Å². The van der Waals surface area contributed by atoms with Crippen LogP contribution in [0.3, 0.4) is 0 Å².